The summed E-state index contributed by atoms with van der Waals surface area (Å²) in [7, 11) is 4.40. The summed E-state index contributed by atoms with van der Waals surface area (Å²) in [5, 5.41) is 8.45. The van der Waals surface area contributed by atoms with Gasteiger partial charge in [-0.25, -0.2) is 0 Å². The molecule has 0 aliphatic heterocycles. The zero-order valence-electron chi connectivity index (χ0n) is 18.4. The summed E-state index contributed by atoms with van der Waals surface area (Å²) in [6, 6.07) is 9.93. The molecule has 0 saturated carbocycles. The number of carbonyl (C=O) groups is 2. The first-order chi connectivity index (χ1) is 14.6. The van der Waals surface area contributed by atoms with Crippen LogP contribution in [0.15, 0.2) is 36.4 Å². The van der Waals surface area contributed by atoms with Gasteiger partial charge in [-0.2, -0.15) is 0 Å². The van der Waals surface area contributed by atoms with Gasteiger partial charge in [0.25, 0.3) is 11.8 Å². The molecule has 0 unspecified atom stereocenters. The van der Waals surface area contributed by atoms with E-state index in [1.165, 1.54) is 33.5 Å². The van der Waals surface area contributed by atoms with Crippen LogP contribution in [0.1, 0.15) is 41.5 Å². The number of rotatable bonds is 6. The lowest BCUT2D eigenvalue weighted by Gasteiger charge is -2.22. The van der Waals surface area contributed by atoms with Crippen LogP contribution in [0.5, 0.6) is 17.2 Å². The van der Waals surface area contributed by atoms with Crippen LogP contribution in [-0.4, -0.2) is 43.8 Å². The molecule has 8 nitrogen and oxygen atoms in total. The highest BCUT2D eigenvalue weighted by Gasteiger charge is 2.20. The molecule has 0 aliphatic rings. The molecule has 3 N–H and O–H groups in total. The van der Waals surface area contributed by atoms with Gasteiger partial charge in [0, 0.05) is 11.1 Å². The molecular weight excluding hydrogens is 418 g/mol. The molecule has 0 fully saturated rings. The Kier molecular flexibility index (Phi) is 7.82. The summed E-state index contributed by atoms with van der Waals surface area (Å²) in [6.07, 6.45) is 0. The number of nitrogens with one attached hydrogen (secondary N) is 3. The van der Waals surface area contributed by atoms with Crippen molar-refractivity contribution in [3.05, 3.63) is 47.5 Å². The molecule has 0 aromatic heterocycles. The summed E-state index contributed by atoms with van der Waals surface area (Å²) < 4.78 is 15.8. The molecule has 9 heteroatoms. The number of amides is 2. The molecule has 0 heterocycles. The SMILES string of the molecule is COc1cc(C(=O)NC(=S)Nc2ccccc2C(=O)NC(C)(C)C)cc(OC)c1OC. The Morgan fingerprint density at radius 3 is 2.00 bits per heavy atom. The second-order valence-electron chi connectivity index (χ2n) is 7.57. The third-order valence-electron chi connectivity index (χ3n) is 4.06. The normalized spacial score (nSPS) is 10.6. The van der Waals surface area contributed by atoms with Crippen LogP contribution < -0.4 is 30.2 Å². The highest BCUT2D eigenvalue weighted by molar-refractivity contribution is 7.80. The number of benzene rings is 2. The molecule has 0 bridgehead atoms. The molecule has 0 atom stereocenters. The Morgan fingerprint density at radius 2 is 1.48 bits per heavy atom. The van der Waals surface area contributed by atoms with E-state index in [1.807, 2.05) is 20.8 Å². The Balaban J connectivity index is 2.19. The second kappa shape index (κ2) is 10.1. The van der Waals surface area contributed by atoms with Crippen molar-refractivity contribution in [2.24, 2.45) is 0 Å². The predicted octanol–water partition coefficient (Wildman–Crippen LogP) is 3.37. The lowest BCUT2D eigenvalue weighted by atomic mass is 10.1. The fraction of sp³-hybridized carbons (Fsp3) is 0.318. The summed E-state index contributed by atoms with van der Waals surface area (Å²) in [6.45, 7) is 5.68. The van der Waals surface area contributed by atoms with Gasteiger partial charge in [-0.05, 0) is 57.3 Å². The van der Waals surface area contributed by atoms with Crippen LogP contribution >= 0.6 is 12.2 Å². The average Bonchev–Trinajstić information content (AvgIpc) is 2.71. The van der Waals surface area contributed by atoms with Crippen molar-refractivity contribution >= 4 is 34.8 Å². The zero-order chi connectivity index (χ0) is 23.2. The Bertz CT molecular complexity index is 960. The molecule has 0 saturated heterocycles. The average molecular weight is 446 g/mol. The molecule has 2 rings (SSSR count). The van der Waals surface area contributed by atoms with Crippen LogP contribution in [-0.2, 0) is 0 Å². The van der Waals surface area contributed by atoms with Gasteiger partial charge in [0.1, 0.15) is 0 Å². The minimum absolute atomic E-state index is 0.0368. The van der Waals surface area contributed by atoms with Crippen molar-refractivity contribution in [1.82, 2.24) is 10.6 Å². The first-order valence-corrected chi connectivity index (χ1v) is 9.84. The van der Waals surface area contributed by atoms with E-state index in [4.69, 9.17) is 26.4 Å². The molecule has 31 heavy (non-hydrogen) atoms. The molecule has 2 aromatic rings. The number of hydrogen-bond acceptors (Lipinski definition) is 6. The van der Waals surface area contributed by atoms with Crippen molar-refractivity contribution in [3.63, 3.8) is 0 Å². The monoisotopic (exact) mass is 445 g/mol. The van der Waals surface area contributed by atoms with Crippen LogP contribution in [0.2, 0.25) is 0 Å². The second-order valence-corrected chi connectivity index (χ2v) is 7.98. The van der Waals surface area contributed by atoms with Crippen molar-refractivity contribution in [3.8, 4) is 17.2 Å². The molecule has 2 amide bonds. The Hall–Kier alpha value is -3.33. The first-order valence-electron chi connectivity index (χ1n) is 9.43. The summed E-state index contributed by atoms with van der Waals surface area (Å²) in [4.78, 5) is 25.3. The Labute approximate surface area is 187 Å². The summed E-state index contributed by atoms with van der Waals surface area (Å²) in [5.41, 5.74) is 0.740. The van der Waals surface area contributed by atoms with Crippen LogP contribution in [0.4, 0.5) is 5.69 Å². The van der Waals surface area contributed by atoms with Gasteiger partial charge in [-0.15, -0.1) is 0 Å². The van der Waals surface area contributed by atoms with E-state index >= 15 is 0 Å². The highest BCUT2D eigenvalue weighted by atomic mass is 32.1. The third-order valence-corrected chi connectivity index (χ3v) is 4.27. The molecule has 2 aromatic carbocycles. The number of anilines is 1. The lowest BCUT2D eigenvalue weighted by molar-refractivity contribution is 0.0919. The van der Waals surface area contributed by atoms with Gasteiger partial charge in [-0.1, -0.05) is 12.1 Å². The van der Waals surface area contributed by atoms with E-state index in [2.05, 4.69) is 16.0 Å². The van der Waals surface area contributed by atoms with Gasteiger partial charge < -0.3 is 24.8 Å². The van der Waals surface area contributed by atoms with E-state index in [0.29, 0.717) is 28.5 Å². The predicted molar refractivity (Wildman–Crippen MR) is 123 cm³/mol. The third kappa shape index (κ3) is 6.32. The van der Waals surface area contributed by atoms with Crippen LogP contribution in [0, 0.1) is 0 Å². The maximum atomic E-state index is 12.7. The number of ether oxygens (including phenoxy) is 3. The minimum atomic E-state index is -0.478. The fourth-order valence-electron chi connectivity index (χ4n) is 2.74. The quantitative estimate of drug-likeness (QED) is 0.587. The first kappa shape index (κ1) is 23.9. The molecule has 0 radical (unpaired) electrons. The highest BCUT2D eigenvalue weighted by Crippen LogP contribution is 2.38. The number of carbonyl (C=O) groups excluding carboxylic acids is 2. The van der Waals surface area contributed by atoms with Gasteiger partial charge in [-0.3, -0.25) is 14.9 Å². The van der Waals surface area contributed by atoms with Crippen LogP contribution in [0.3, 0.4) is 0 Å². The fourth-order valence-corrected chi connectivity index (χ4v) is 2.94. The molecule has 0 aliphatic carbocycles. The largest absolute Gasteiger partial charge is 0.493 e. The van der Waals surface area contributed by atoms with Gasteiger partial charge in [0.15, 0.2) is 16.6 Å². The number of hydrogen-bond donors (Lipinski definition) is 3. The van der Waals surface area contributed by atoms with E-state index in [9.17, 15) is 9.59 Å². The number of thiocarbonyl (C=S) groups is 1. The van der Waals surface area contributed by atoms with E-state index in [1.54, 1.807) is 24.3 Å². The topological polar surface area (TPSA) is 97.9 Å². The van der Waals surface area contributed by atoms with Crippen molar-refractivity contribution in [2.75, 3.05) is 26.6 Å². The standard InChI is InChI=1S/C22H27N3O5S/c1-22(2,3)25-20(27)14-9-7-8-10-15(14)23-21(31)24-19(26)13-11-16(28-4)18(30-6)17(12-13)29-5/h7-12H,1-6H3,(H,25,27)(H2,23,24,26,31). The van der Waals surface area contributed by atoms with E-state index in [-0.39, 0.29) is 16.6 Å². The van der Waals surface area contributed by atoms with Crippen LogP contribution in [0.25, 0.3) is 0 Å². The van der Waals surface area contributed by atoms with Crippen molar-refractivity contribution in [2.45, 2.75) is 26.3 Å². The van der Waals surface area contributed by atoms with Gasteiger partial charge >= 0.3 is 0 Å². The number of methoxy groups -OCH3 is 3. The van der Waals surface area contributed by atoms with E-state index < -0.39 is 11.4 Å². The van der Waals surface area contributed by atoms with Crippen molar-refractivity contribution in [1.29, 1.82) is 0 Å². The summed E-state index contributed by atoms with van der Waals surface area (Å²) >= 11 is 5.28. The lowest BCUT2D eigenvalue weighted by Crippen LogP contribution is -2.41. The summed E-state index contributed by atoms with van der Waals surface area (Å²) in [5.74, 6) is 0.328. The molecule has 166 valence electrons. The van der Waals surface area contributed by atoms with Gasteiger partial charge in [0.05, 0.1) is 32.6 Å². The van der Waals surface area contributed by atoms with Crippen molar-refractivity contribution < 1.29 is 23.8 Å². The van der Waals surface area contributed by atoms with E-state index in [0.717, 1.165) is 0 Å². The Morgan fingerprint density at radius 1 is 0.903 bits per heavy atom. The molecular formula is C22H27N3O5S. The maximum absolute atomic E-state index is 12.7. The molecule has 0 spiro atoms. The minimum Gasteiger partial charge on any atom is -0.493 e. The smallest absolute Gasteiger partial charge is 0.257 e. The zero-order valence-corrected chi connectivity index (χ0v) is 19.2. The maximum Gasteiger partial charge on any atom is 0.257 e. The van der Waals surface area contributed by atoms with Gasteiger partial charge in [0.2, 0.25) is 5.75 Å². The number of para-hydroxylation sites is 1.